The van der Waals surface area contributed by atoms with Crippen LogP contribution in [-0.4, -0.2) is 23.1 Å². The number of aromatic nitrogens is 2. The van der Waals surface area contributed by atoms with Crippen molar-refractivity contribution in [3.8, 4) is 0 Å². The normalized spacial score (nSPS) is 22.0. The second kappa shape index (κ2) is 3.66. The van der Waals surface area contributed by atoms with Crippen LogP contribution in [0.25, 0.3) is 11.0 Å². The first-order valence-electron chi connectivity index (χ1n) is 5.58. The van der Waals surface area contributed by atoms with E-state index in [0.29, 0.717) is 5.92 Å². The zero-order chi connectivity index (χ0) is 10.1. The van der Waals surface area contributed by atoms with Crippen LogP contribution in [0.1, 0.15) is 24.3 Å². The molecule has 0 radical (unpaired) electrons. The third-order valence-electron chi connectivity index (χ3n) is 3.22. The maximum Gasteiger partial charge on any atom is 0.137 e. The highest BCUT2D eigenvalue weighted by Gasteiger charge is 2.18. The number of aromatic amines is 1. The maximum atomic E-state index is 4.32. The molecule has 78 valence electrons. The summed E-state index contributed by atoms with van der Waals surface area (Å²) in [5, 5.41) is 4.74. The maximum absolute atomic E-state index is 4.32. The predicted octanol–water partition coefficient (Wildman–Crippen LogP) is 2.03. The molecule has 0 bridgehead atoms. The van der Waals surface area contributed by atoms with Crippen LogP contribution in [0, 0.1) is 0 Å². The Morgan fingerprint density at radius 1 is 1.40 bits per heavy atom. The summed E-state index contributed by atoms with van der Waals surface area (Å²) in [5.41, 5.74) is 2.43. The van der Waals surface area contributed by atoms with Gasteiger partial charge in [-0.25, -0.2) is 4.98 Å². The Labute approximate surface area is 88.9 Å². The van der Waals surface area contributed by atoms with Crippen molar-refractivity contribution in [2.75, 3.05) is 13.1 Å². The third-order valence-corrected chi connectivity index (χ3v) is 3.22. The molecule has 0 spiro atoms. The highest BCUT2D eigenvalue weighted by atomic mass is 14.9. The highest BCUT2D eigenvalue weighted by molar-refractivity contribution is 5.80. The van der Waals surface area contributed by atoms with Gasteiger partial charge in [0.05, 0.1) is 0 Å². The standard InChI is InChI=1S/C12H15N3/c1-3-9(7-13-5-1)11-8-15-12-10(11)4-2-6-14-12/h2,4,6,8-9,13H,1,3,5,7H2,(H,14,15)/t9-/m1/s1. The molecule has 3 heterocycles. The molecule has 2 aromatic heterocycles. The van der Waals surface area contributed by atoms with Crippen molar-refractivity contribution in [2.24, 2.45) is 0 Å². The van der Waals surface area contributed by atoms with E-state index in [0.717, 1.165) is 18.7 Å². The van der Waals surface area contributed by atoms with E-state index in [1.165, 1.54) is 23.8 Å². The van der Waals surface area contributed by atoms with E-state index in [2.05, 4.69) is 27.5 Å². The minimum Gasteiger partial charge on any atom is -0.346 e. The number of nitrogens with one attached hydrogen (secondary N) is 2. The SMILES string of the molecule is c1cnc2[nH]cc([C@@H]3CCCNC3)c2c1. The van der Waals surface area contributed by atoms with Gasteiger partial charge in [-0.3, -0.25) is 0 Å². The van der Waals surface area contributed by atoms with Gasteiger partial charge in [0.2, 0.25) is 0 Å². The molecule has 0 saturated carbocycles. The van der Waals surface area contributed by atoms with Crippen molar-refractivity contribution in [2.45, 2.75) is 18.8 Å². The summed E-state index contributed by atoms with van der Waals surface area (Å²) in [6, 6.07) is 4.17. The monoisotopic (exact) mass is 201 g/mol. The van der Waals surface area contributed by atoms with Gasteiger partial charge < -0.3 is 10.3 Å². The molecule has 1 atom stereocenters. The predicted molar refractivity (Wildman–Crippen MR) is 60.9 cm³/mol. The highest BCUT2D eigenvalue weighted by Crippen LogP contribution is 2.28. The van der Waals surface area contributed by atoms with Crippen LogP contribution in [0.2, 0.25) is 0 Å². The van der Waals surface area contributed by atoms with Crippen LogP contribution in [0.15, 0.2) is 24.5 Å². The summed E-state index contributed by atoms with van der Waals surface area (Å²) in [5.74, 6) is 0.650. The molecule has 0 aromatic carbocycles. The summed E-state index contributed by atoms with van der Waals surface area (Å²) in [6.07, 6.45) is 6.52. The Morgan fingerprint density at radius 3 is 3.27 bits per heavy atom. The molecule has 1 fully saturated rings. The van der Waals surface area contributed by atoms with Crippen LogP contribution in [0.5, 0.6) is 0 Å². The molecule has 3 nitrogen and oxygen atoms in total. The van der Waals surface area contributed by atoms with Crippen LogP contribution in [-0.2, 0) is 0 Å². The van der Waals surface area contributed by atoms with Crippen molar-refractivity contribution < 1.29 is 0 Å². The zero-order valence-electron chi connectivity index (χ0n) is 8.66. The van der Waals surface area contributed by atoms with Gasteiger partial charge in [0.25, 0.3) is 0 Å². The topological polar surface area (TPSA) is 40.7 Å². The molecule has 1 aliphatic rings. The van der Waals surface area contributed by atoms with Crippen LogP contribution in [0.3, 0.4) is 0 Å². The molecular formula is C12H15N3. The average molecular weight is 201 g/mol. The minimum absolute atomic E-state index is 0.650. The summed E-state index contributed by atoms with van der Waals surface area (Å²) in [6.45, 7) is 2.26. The molecule has 0 unspecified atom stereocenters. The van der Waals surface area contributed by atoms with Gasteiger partial charge in [0.15, 0.2) is 0 Å². The average Bonchev–Trinajstić information content (AvgIpc) is 2.74. The van der Waals surface area contributed by atoms with Crippen molar-refractivity contribution in [1.29, 1.82) is 0 Å². The second-order valence-corrected chi connectivity index (χ2v) is 4.19. The van der Waals surface area contributed by atoms with Crippen LogP contribution < -0.4 is 5.32 Å². The van der Waals surface area contributed by atoms with Crippen molar-refractivity contribution in [3.05, 3.63) is 30.1 Å². The van der Waals surface area contributed by atoms with Gasteiger partial charge in [-0.2, -0.15) is 0 Å². The zero-order valence-corrected chi connectivity index (χ0v) is 8.66. The molecule has 3 rings (SSSR count). The van der Waals surface area contributed by atoms with Crippen LogP contribution >= 0.6 is 0 Å². The van der Waals surface area contributed by atoms with Gasteiger partial charge in [-0.05, 0) is 43.0 Å². The summed E-state index contributed by atoms with van der Waals surface area (Å²) in [7, 11) is 0. The Morgan fingerprint density at radius 2 is 2.40 bits per heavy atom. The van der Waals surface area contributed by atoms with E-state index in [4.69, 9.17) is 0 Å². The van der Waals surface area contributed by atoms with Gasteiger partial charge >= 0.3 is 0 Å². The van der Waals surface area contributed by atoms with E-state index < -0.39 is 0 Å². The first-order valence-corrected chi connectivity index (χ1v) is 5.58. The van der Waals surface area contributed by atoms with E-state index in [-0.39, 0.29) is 0 Å². The number of hydrogen-bond acceptors (Lipinski definition) is 2. The smallest absolute Gasteiger partial charge is 0.137 e. The van der Waals surface area contributed by atoms with E-state index in [1.807, 2.05) is 12.3 Å². The van der Waals surface area contributed by atoms with Crippen molar-refractivity contribution in [3.63, 3.8) is 0 Å². The lowest BCUT2D eigenvalue weighted by Crippen LogP contribution is -2.28. The molecule has 0 amide bonds. The molecule has 1 saturated heterocycles. The Balaban J connectivity index is 2.02. The van der Waals surface area contributed by atoms with Gasteiger partial charge in [-0.15, -0.1) is 0 Å². The fourth-order valence-corrected chi connectivity index (χ4v) is 2.43. The number of pyridine rings is 1. The number of nitrogens with zero attached hydrogens (tertiary/aromatic N) is 1. The summed E-state index contributed by atoms with van der Waals surface area (Å²) < 4.78 is 0. The molecule has 0 aliphatic carbocycles. The van der Waals surface area contributed by atoms with Crippen LogP contribution in [0.4, 0.5) is 0 Å². The fourth-order valence-electron chi connectivity index (χ4n) is 2.43. The quantitative estimate of drug-likeness (QED) is 0.741. The van der Waals surface area contributed by atoms with E-state index in [1.54, 1.807) is 0 Å². The van der Waals surface area contributed by atoms with Gasteiger partial charge in [0.1, 0.15) is 5.65 Å². The Hall–Kier alpha value is -1.35. The Kier molecular flexibility index (Phi) is 2.18. The molecule has 2 N–H and O–H groups in total. The molecular weight excluding hydrogens is 186 g/mol. The number of rotatable bonds is 1. The lowest BCUT2D eigenvalue weighted by atomic mass is 9.92. The molecule has 3 heteroatoms. The molecule has 2 aromatic rings. The number of fused-ring (bicyclic) bond motifs is 1. The second-order valence-electron chi connectivity index (χ2n) is 4.19. The largest absolute Gasteiger partial charge is 0.346 e. The first kappa shape index (κ1) is 8.92. The van der Waals surface area contributed by atoms with Crippen molar-refractivity contribution in [1.82, 2.24) is 15.3 Å². The number of piperidine rings is 1. The fraction of sp³-hybridized carbons (Fsp3) is 0.417. The lowest BCUT2D eigenvalue weighted by Gasteiger charge is -2.22. The van der Waals surface area contributed by atoms with Gasteiger partial charge in [0, 0.05) is 24.3 Å². The third kappa shape index (κ3) is 1.53. The minimum atomic E-state index is 0.650. The molecule has 15 heavy (non-hydrogen) atoms. The number of H-pyrrole nitrogens is 1. The Bertz CT molecular complexity index is 455. The van der Waals surface area contributed by atoms with Crippen molar-refractivity contribution >= 4 is 11.0 Å². The molecule has 1 aliphatic heterocycles. The first-order chi connectivity index (χ1) is 7.45. The van der Waals surface area contributed by atoms with E-state index >= 15 is 0 Å². The van der Waals surface area contributed by atoms with Gasteiger partial charge in [-0.1, -0.05) is 0 Å². The summed E-state index contributed by atoms with van der Waals surface area (Å²) in [4.78, 5) is 7.57. The lowest BCUT2D eigenvalue weighted by molar-refractivity contribution is 0.463. The number of hydrogen-bond donors (Lipinski definition) is 2. The summed E-state index contributed by atoms with van der Waals surface area (Å²) >= 11 is 0. The van der Waals surface area contributed by atoms with E-state index in [9.17, 15) is 0 Å².